The molecule has 8 heteroatoms. The Morgan fingerprint density at radius 1 is 1.00 bits per heavy atom. The van der Waals surface area contributed by atoms with Crippen LogP contribution >= 0.6 is 23.6 Å². The highest BCUT2D eigenvalue weighted by atomic mass is 32.1. The number of furan rings is 1. The molecule has 0 atom stereocenters. The Labute approximate surface area is 217 Å². The minimum atomic E-state index is -0.396. The second-order valence-electron chi connectivity index (χ2n) is 8.05. The van der Waals surface area contributed by atoms with Crippen molar-refractivity contribution in [3.63, 3.8) is 0 Å². The molecule has 2 heterocycles. The van der Waals surface area contributed by atoms with Crippen molar-refractivity contribution >= 4 is 67.3 Å². The fourth-order valence-electron chi connectivity index (χ4n) is 4.26. The van der Waals surface area contributed by atoms with Gasteiger partial charge in [0.15, 0.2) is 5.11 Å². The summed E-state index contributed by atoms with van der Waals surface area (Å²) in [6.07, 6.45) is 0. The monoisotopic (exact) mass is 516 g/mol. The summed E-state index contributed by atoms with van der Waals surface area (Å²) in [6, 6.07) is 21.4. The number of thiocarbonyl (C=S) groups is 1. The van der Waals surface area contributed by atoms with Crippen molar-refractivity contribution in [1.29, 1.82) is 0 Å². The summed E-state index contributed by atoms with van der Waals surface area (Å²) in [5, 5.41) is 9.31. The Morgan fingerprint density at radius 2 is 1.75 bits per heavy atom. The molecule has 0 aliphatic rings. The molecule has 0 spiro atoms. The molecule has 5 aromatic rings. The van der Waals surface area contributed by atoms with Gasteiger partial charge in [-0.15, -0.1) is 11.3 Å². The molecule has 0 aliphatic carbocycles. The fraction of sp³-hybridized carbons (Fsp3) is 0.143. The Morgan fingerprint density at radius 3 is 2.50 bits per heavy atom. The molecule has 0 fully saturated rings. The Kier molecular flexibility index (Phi) is 6.63. The van der Waals surface area contributed by atoms with Gasteiger partial charge in [-0.3, -0.25) is 0 Å². The molecule has 36 heavy (non-hydrogen) atoms. The largest absolute Gasteiger partial charge is 0.495 e. The van der Waals surface area contributed by atoms with Gasteiger partial charge in [0, 0.05) is 27.3 Å². The lowest BCUT2D eigenvalue weighted by atomic mass is 10.0. The highest BCUT2D eigenvalue weighted by molar-refractivity contribution is 7.80. The number of thiophene rings is 1. The maximum absolute atomic E-state index is 13.0. The second kappa shape index (κ2) is 10.0. The second-order valence-corrected chi connectivity index (χ2v) is 9.68. The van der Waals surface area contributed by atoms with Crippen molar-refractivity contribution in [3.8, 4) is 16.9 Å². The van der Waals surface area contributed by atoms with Crippen molar-refractivity contribution in [2.45, 2.75) is 13.8 Å². The maximum Gasteiger partial charge on any atom is 0.341 e. The molecule has 182 valence electrons. The summed E-state index contributed by atoms with van der Waals surface area (Å²) in [4.78, 5) is 14.0. The number of benzene rings is 3. The van der Waals surface area contributed by atoms with E-state index in [0.29, 0.717) is 32.7 Å². The van der Waals surface area contributed by atoms with Crippen LogP contribution in [0.25, 0.3) is 33.1 Å². The van der Waals surface area contributed by atoms with Crippen LogP contribution in [0.4, 0.5) is 10.7 Å². The van der Waals surface area contributed by atoms with Crippen LogP contribution < -0.4 is 15.4 Å². The number of nitrogens with one attached hydrogen (secondary N) is 2. The molecule has 0 saturated heterocycles. The van der Waals surface area contributed by atoms with E-state index in [1.54, 1.807) is 14.0 Å². The van der Waals surface area contributed by atoms with Crippen molar-refractivity contribution in [2.75, 3.05) is 24.4 Å². The van der Waals surface area contributed by atoms with E-state index in [-0.39, 0.29) is 6.61 Å². The van der Waals surface area contributed by atoms with Crippen molar-refractivity contribution in [1.82, 2.24) is 0 Å². The summed E-state index contributed by atoms with van der Waals surface area (Å²) in [5.41, 5.74) is 4.41. The van der Waals surface area contributed by atoms with E-state index in [4.69, 9.17) is 26.1 Å². The van der Waals surface area contributed by atoms with Gasteiger partial charge in [-0.2, -0.15) is 0 Å². The first-order valence-corrected chi connectivity index (χ1v) is 12.7. The fourth-order valence-corrected chi connectivity index (χ4v) is 5.60. The molecule has 0 saturated carbocycles. The number of esters is 1. The Hall–Kier alpha value is -3.88. The number of fused-ring (bicyclic) bond motifs is 3. The molecule has 0 radical (unpaired) electrons. The van der Waals surface area contributed by atoms with E-state index in [1.165, 1.54) is 11.3 Å². The average Bonchev–Trinajstić information content (AvgIpc) is 3.40. The van der Waals surface area contributed by atoms with E-state index in [2.05, 4.69) is 10.6 Å². The third-order valence-electron chi connectivity index (χ3n) is 5.80. The van der Waals surface area contributed by atoms with Crippen LogP contribution in [-0.4, -0.2) is 24.8 Å². The lowest BCUT2D eigenvalue weighted by Gasteiger charge is -2.14. The van der Waals surface area contributed by atoms with Crippen LogP contribution in [-0.2, 0) is 4.74 Å². The number of para-hydroxylation sites is 1. The predicted molar refractivity (Wildman–Crippen MR) is 151 cm³/mol. The quantitative estimate of drug-likeness (QED) is 0.178. The van der Waals surface area contributed by atoms with Crippen LogP contribution in [0.3, 0.4) is 0 Å². The third-order valence-corrected chi connectivity index (χ3v) is 7.03. The predicted octanol–water partition coefficient (Wildman–Crippen LogP) is 7.62. The van der Waals surface area contributed by atoms with Crippen LogP contribution in [0, 0.1) is 6.92 Å². The number of ether oxygens (including phenoxy) is 2. The van der Waals surface area contributed by atoms with Gasteiger partial charge in [0.05, 0.1) is 19.4 Å². The first-order valence-electron chi connectivity index (χ1n) is 11.4. The van der Waals surface area contributed by atoms with Crippen LogP contribution in [0.2, 0.25) is 0 Å². The molecule has 2 aromatic heterocycles. The van der Waals surface area contributed by atoms with E-state index < -0.39 is 5.97 Å². The first-order chi connectivity index (χ1) is 17.5. The van der Waals surface area contributed by atoms with Gasteiger partial charge in [-0.05, 0) is 43.8 Å². The normalized spacial score (nSPS) is 11.0. The van der Waals surface area contributed by atoms with E-state index in [9.17, 15) is 4.79 Å². The number of anilines is 2. The molecule has 0 bridgehead atoms. The number of aryl methyl sites for hydroxylation is 1. The topological polar surface area (TPSA) is 72.7 Å². The lowest BCUT2D eigenvalue weighted by molar-refractivity contribution is 0.0529. The minimum absolute atomic E-state index is 0.277. The number of hydrogen-bond donors (Lipinski definition) is 2. The standard InChI is InChI=1S/C28H24N2O4S2/c1-4-33-27(31)25-24(17-10-6-5-7-11-17)16(2)36-26(25)30-28(35)29-20-15-22-19(14-23(20)32-3)18-12-8-9-13-21(18)34-22/h5-15H,4H2,1-3H3,(H2,29,30,35). The zero-order chi connectivity index (χ0) is 25.2. The molecule has 3 aromatic carbocycles. The summed E-state index contributed by atoms with van der Waals surface area (Å²) < 4.78 is 17.0. The number of hydrogen-bond acceptors (Lipinski definition) is 6. The van der Waals surface area contributed by atoms with Gasteiger partial charge >= 0.3 is 5.97 Å². The van der Waals surface area contributed by atoms with Gasteiger partial charge in [-0.1, -0.05) is 48.5 Å². The number of rotatable bonds is 6. The molecular weight excluding hydrogens is 492 g/mol. The van der Waals surface area contributed by atoms with Crippen molar-refractivity contribution < 1.29 is 18.7 Å². The zero-order valence-corrected chi connectivity index (χ0v) is 21.6. The van der Waals surface area contributed by atoms with Crippen LogP contribution in [0.1, 0.15) is 22.2 Å². The van der Waals surface area contributed by atoms with Crippen molar-refractivity contribution in [3.05, 3.63) is 77.2 Å². The smallest absolute Gasteiger partial charge is 0.341 e. The SMILES string of the molecule is CCOC(=O)c1c(NC(=S)Nc2cc3oc4ccccc4c3cc2OC)sc(C)c1-c1ccccc1. The Balaban J connectivity index is 1.49. The molecule has 6 nitrogen and oxygen atoms in total. The van der Waals surface area contributed by atoms with Crippen LogP contribution in [0.15, 0.2) is 71.1 Å². The molecule has 0 unspecified atom stereocenters. The highest BCUT2D eigenvalue weighted by Crippen LogP contribution is 2.41. The number of carbonyl (C=O) groups excluding carboxylic acids is 1. The average molecular weight is 517 g/mol. The lowest BCUT2D eigenvalue weighted by Crippen LogP contribution is -2.20. The Bertz CT molecular complexity index is 1590. The van der Waals surface area contributed by atoms with E-state index in [0.717, 1.165) is 32.4 Å². The van der Waals surface area contributed by atoms with Gasteiger partial charge in [0.25, 0.3) is 0 Å². The summed E-state index contributed by atoms with van der Waals surface area (Å²) in [6.45, 7) is 4.05. The zero-order valence-electron chi connectivity index (χ0n) is 20.0. The van der Waals surface area contributed by atoms with E-state index in [1.807, 2.05) is 73.7 Å². The van der Waals surface area contributed by atoms with E-state index >= 15 is 0 Å². The van der Waals surface area contributed by atoms with Gasteiger partial charge in [0.1, 0.15) is 27.5 Å². The maximum atomic E-state index is 13.0. The summed E-state index contributed by atoms with van der Waals surface area (Å²) in [7, 11) is 1.61. The number of carbonyl (C=O) groups is 1. The number of methoxy groups -OCH3 is 1. The van der Waals surface area contributed by atoms with Crippen LogP contribution in [0.5, 0.6) is 5.75 Å². The third kappa shape index (κ3) is 4.41. The molecule has 0 amide bonds. The molecule has 2 N–H and O–H groups in total. The van der Waals surface area contributed by atoms with Crippen molar-refractivity contribution in [2.24, 2.45) is 0 Å². The molecule has 0 aliphatic heterocycles. The summed E-state index contributed by atoms with van der Waals surface area (Å²) in [5.74, 6) is 0.225. The molecule has 5 rings (SSSR count). The summed E-state index contributed by atoms with van der Waals surface area (Å²) >= 11 is 7.09. The van der Waals surface area contributed by atoms with Gasteiger partial charge < -0.3 is 24.5 Å². The van der Waals surface area contributed by atoms with Gasteiger partial charge in [0.2, 0.25) is 0 Å². The minimum Gasteiger partial charge on any atom is -0.495 e. The highest BCUT2D eigenvalue weighted by Gasteiger charge is 2.25. The first kappa shape index (κ1) is 23.8. The molecular formula is C28H24N2O4S2. The van der Waals surface area contributed by atoms with Gasteiger partial charge in [-0.25, -0.2) is 4.79 Å².